The van der Waals surface area contributed by atoms with Crippen molar-refractivity contribution >= 4 is 28.6 Å². The summed E-state index contributed by atoms with van der Waals surface area (Å²) in [4.78, 5) is 16.5. The fraction of sp³-hybridized carbons (Fsp3) is 0.167. The number of nitrogens with two attached hydrogens (primary N) is 1. The zero-order chi connectivity index (χ0) is 14.2. The molecule has 0 bridgehead atoms. The van der Waals surface area contributed by atoms with E-state index in [1.807, 2.05) is 0 Å². The van der Waals surface area contributed by atoms with Crippen molar-refractivity contribution in [2.45, 2.75) is 13.8 Å². The zero-order valence-corrected chi connectivity index (χ0v) is 11.1. The van der Waals surface area contributed by atoms with Gasteiger partial charge in [0, 0.05) is 6.07 Å². The highest BCUT2D eigenvalue weighted by Crippen LogP contribution is 2.23. The van der Waals surface area contributed by atoms with Crippen LogP contribution in [0.5, 0.6) is 0 Å². The van der Waals surface area contributed by atoms with Gasteiger partial charge in [-0.05, 0) is 19.9 Å². The molecule has 0 aliphatic heterocycles. The molecule has 0 saturated carbocycles. The maximum absolute atomic E-state index is 13.5. The number of anilines is 2. The average molecular weight is 283 g/mol. The van der Waals surface area contributed by atoms with Crippen molar-refractivity contribution in [3.63, 3.8) is 0 Å². The Bertz CT molecular complexity index is 655. The Morgan fingerprint density at radius 1 is 1.32 bits per heavy atom. The Kier molecular flexibility index (Phi) is 3.48. The lowest BCUT2D eigenvalue weighted by molar-refractivity contribution is 0.102. The number of nitrogen functional groups attached to an aromatic ring is 1. The van der Waals surface area contributed by atoms with E-state index in [9.17, 15) is 13.6 Å². The van der Waals surface area contributed by atoms with Crippen LogP contribution in [0.4, 0.5) is 20.2 Å². The molecule has 2 aromatic rings. The Hall–Kier alpha value is -2.02. The van der Waals surface area contributed by atoms with Gasteiger partial charge in [0.15, 0.2) is 0 Å². The molecule has 4 nitrogen and oxygen atoms in total. The Balaban J connectivity index is 2.29. The van der Waals surface area contributed by atoms with Gasteiger partial charge in [-0.2, -0.15) is 0 Å². The van der Waals surface area contributed by atoms with Gasteiger partial charge in [0.1, 0.15) is 16.5 Å². The highest BCUT2D eigenvalue weighted by Gasteiger charge is 2.16. The molecule has 1 amide bonds. The maximum Gasteiger partial charge on any atom is 0.267 e. The van der Waals surface area contributed by atoms with E-state index in [2.05, 4.69) is 10.3 Å². The van der Waals surface area contributed by atoms with Gasteiger partial charge in [0.25, 0.3) is 5.91 Å². The van der Waals surface area contributed by atoms with Crippen LogP contribution in [0, 0.1) is 25.5 Å². The van der Waals surface area contributed by atoms with Gasteiger partial charge in [0.05, 0.1) is 22.1 Å². The third-order valence-corrected chi connectivity index (χ3v) is 3.52. The Labute approximate surface area is 112 Å². The van der Waals surface area contributed by atoms with E-state index >= 15 is 0 Å². The highest BCUT2D eigenvalue weighted by atomic mass is 32.1. The largest absolute Gasteiger partial charge is 0.396 e. The van der Waals surface area contributed by atoms with E-state index in [4.69, 9.17) is 5.73 Å². The average Bonchev–Trinajstić information content (AvgIpc) is 2.65. The molecule has 0 aliphatic carbocycles. The molecule has 0 spiro atoms. The molecular weight excluding hydrogens is 272 g/mol. The first-order valence-corrected chi connectivity index (χ1v) is 6.20. The second-order valence-electron chi connectivity index (χ2n) is 3.96. The Morgan fingerprint density at radius 2 is 2.00 bits per heavy atom. The van der Waals surface area contributed by atoms with E-state index in [1.54, 1.807) is 13.8 Å². The predicted octanol–water partition coefficient (Wildman–Crippen LogP) is 2.87. The second kappa shape index (κ2) is 4.93. The summed E-state index contributed by atoms with van der Waals surface area (Å²) in [5, 5.41) is 3.10. The summed E-state index contributed by atoms with van der Waals surface area (Å²) in [5.74, 6) is -2.23. The lowest BCUT2D eigenvalue weighted by Crippen LogP contribution is -2.13. The number of carbonyl (C=O) groups is 1. The van der Waals surface area contributed by atoms with Crippen LogP contribution in [0.15, 0.2) is 12.1 Å². The number of halogens is 2. The summed E-state index contributed by atoms with van der Waals surface area (Å²) in [6, 6.07) is 1.68. The van der Waals surface area contributed by atoms with Crippen molar-refractivity contribution in [3.05, 3.63) is 39.3 Å². The minimum Gasteiger partial charge on any atom is -0.396 e. The van der Waals surface area contributed by atoms with Gasteiger partial charge in [0.2, 0.25) is 0 Å². The molecule has 0 unspecified atom stereocenters. The first kappa shape index (κ1) is 13.4. The molecule has 1 aromatic carbocycles. The molecule has 0 aliphatic rings. The van der Waals surface area contributed by atoms with Crippen molar-refractivity contribution < 1.29 is 13.6 Å². The predicted molar refractivity (Wildman–Crippen MR) is 70.3 cm³/mol. The standard InChI is InChI=1S/C12H11F2N3OS/c1-5-11(19-6(2)16-5)12(18)17-10-4-9(15)7(13)3-8(10)14/h3-4H,15H2,1-2H3,(H,17,18). The van der Waals surface area contributed by atoms with Gasteiger partial charge < -0.3 is 11.1 Å². The summed E-state index contributed by atoms with van der Waals surface area (Å²) in [6.07, 6.45) is 0. The molecule has 2 rings (SSSR count). The molecule has 0 atom stereocenters. The van der Waals surface area contributed by atoms with Gasteiger partial charge >= 0.3 is 0 Å². The van der Waals surface area contributed by atoms with E-state index in [1.165, 1.54) is 11.3 Å². The fourth-order valence-electron chi connectivity index (χ4n) is 1.58. The van der Waals surface area contributed by atoms with E-state index in [0.717, 1.165) is 11.1 Å². The lowest BCUT2D eigenvalue weighted by Gasteiger charge is -2.07. The number of carbonyl (C=O) groups excluding carboxylic acids is 1. The first-order chi connectivity index (χ1) is 8.88. The maximum atomic E-state index is 13.5. The smallest absolute Gasteiger partial charge is 0.267 e. The summed E-state index contributed by atoms with van der Waals surface area (Å²) >= 11 is 1.20. The lowest BCUT2D eigenvalue weighted by atomic mass is 10.2. The summed E-state index contributed by atoms with van der Waals surface area (Å²) in [6.45, 7) is 3.46. The topological polar surface area (TPSA) is 68.0 Å². The third kappa shape index (κ3) is 2.70. The van der Waals surface area contributed by atoms with Crippen molar-refractivity contribution in [2.75, 3.05) is 11.1 Å². The molecule has 1 heterocycles. The molecule has 19 heavy (non-hydrogen) atoms. The molecule has 0 saturated heterocycles. The molecule has 0 fully saturated rings. The van der Waals surface area contributed by atoms with Crippen LogP contribution in [0.3, 0.4) is 0 Å². The molecule has 3 N–H and O–H groups in total. The van der Waals surface area contributed by atoms with Crippen LogP contribution in [0.25, 0.3) is 0 Å². The highest BCUT2D eigenvalue weighted by molar-refractivity contribution is 7.13. The van der Waals surface area contributed by atoms with Crippen molar-refractivity contribution in [1.29, 1.82) is 0 Å². The number of nitrogens with one attached hydrogen (secondary N) is 1. The number of amides is 1. The monoisotopic (exact) mass is 283 g/mol. The van der Waals surface area contributed by atoms with Crippen LogP contribution in [0.1, 0.15) is 20.4 Å². The number of aryl methyl sites for hydroxylation is 2. The zero-order valence-electron chi connectivity index (χ0n) is 10.3. The normalized spacial score (nSPS) is 10.5. The van der Waals surface area contributed by atoms with Crippen LogP contribution < -0.4 is 11.1 Å². The van der Waals surface area contributed by atoms with Gasteiger partial charge in [-0.3, -0.25) is 4.79 Å². The van der Waals surface area contributed by atoms with Gasteiger partial charge in [-0.1, -0.05) is 0 Å². The molecule has 7 heteroatoms. The third-order valence-electron chi connectivity index (χ3n) is 2.44. The number of rotatable bonds is 2. The van der Waals surface area contributed by atoms with Crippen LogP contribution >= 0.6 is 11.3 Å². The Morgan fingerprint density at radius 3 is 2.58 bits per heavy atom. The van der Waals surface area contributed by atoms with Crippen molar-refractivity contribution in [2.24, 2.45) is 0 Å². The van der Waals surface area contributed by atoms with Gasteiger partial charge in [-0.15, -0.1) is 11.3 Å². The summed E-state index contributed by atoms with van der Waals surface area (Å²) < 4.78 is 26.5. The summed E-state index contributed by atoms with van der Waals surface area (Å²) in [7, 11) is 0. The van der Waals surface area contributed by atoms with E-state index < -0.39 is 17.5 Å². The first-order valence-electron chi connectivity index (χ1n) is 5.38. The number of aromatic nitrogens is 1. The molecule has 1 aromatic heterocycles. The van der Waals surface area contributed by atoms with Crippen molar-refractivity contribution in [1.82, 2.24) is 4.98 Å². The van der Waals surface area contributed by atoms with Crippen LogP contribution in [0.2, 0.25) is 0 Å². The van der Waals surface area contributed by atoms with Gasteiger partial charge in [-0.25, -0.2) is 13.8 Å². The van der Waals surface area contributed by atoms with E-state index in [-0.39, 0.29) is 11.4 Å². The molecular formula is C12H11F2N3OS. The van der Waals surface area contributed by atoms with E-state index in [0.29, 0.717) is 16.6 Å². The summed E-state index contributed by atoms with van der Waals surface area (Å²) in [5.41, 5.74) is 5.51. The number of benzene rings is 1. The quantitative estimate of drug-likeness (QED) is 0.833. The number of nitrogens with zero attached hydrogens (tertiary/aromatic N) is 1. The van der Waals surface area contributed by atoms with Crippen LogP contribution in [-0.2, 0) is 0 Å². The van der Waals surface area contributed by atoms with Crippen molar-refractivity contribution in [3.8, 4) is 0 Å². The number of hydrogen-bond acceptors (Lipinski definition) is 4. The number of hydrogen-bond donors (Lipinski definition) is 2. The fourth-order valence-corrected chi connectivity index (χ4v) is 2.40. The SMILES string of the molecule is Cc1nc(C)c(C(=O)Nc2cc(N)c(F)cc2F)s1. The molecule has 0 radical (unpaired) electrons. The number of thiazole rings is 1. The molecule has 100 valence electrons. The minimum absolute atomic E-state index is 0.158. The van der Waals surface area contributed by atoms with Crippen LogP contribution in [-0.4, -0.2) is 10.9 Å². The minimum atomic E-state index is -0.876. The second-order valence-corrected chi connectivity index (χ2v) is 5.16.